The van der Waals surface area contributed by atoms with Crippen molar-refractivity contribution in [1.29, 1.82) is 0 Å². The van der Waals surface area contributed by atoms with Crippen molar-refractivity contribution < 1.29 is 35.7 Å². The minimum absolute atomic E-state index is 0.0535. The summed E-state index contributed by atoms with van der Waals surface area (Å²) in [6.45, 7) is 0. The van der Waals surface area contributed by atoms with E-state index in [1.54, 1.807) is 36.1 Å². The molecule has 0 bridgehead atoms. The summed E-state index contributed by atoms with van der Waals surface area (Å²) in [5, 5.41) is 8.18. The molecule has 0 radical (unpaired) electrons. The van der Waals surface area contributed by atoms with Crippen molar-refractivity contribution in [3.63, 3.8) is 0 Å². The molecule has 34 heavy (non-hydrogen) atoms. The summed E-state index contributed by atoms with van der Waals surface area (Å²) in [5.74, 6) is -0.290. The fourth-order valence-corrected chi connectivity index (χ4v) is 4.08. The molecule has 1 heterocycles. The summed E-state index contributed by atoms with van der Waals surface area (Å²) in [6.07, 6.45) is -3.52. The molecule has 1 amide bonds. The van der Waals surface area contributed by atoms with Crippen molar-refractivity contribution in [2.24, 2.45) is 7.05 Å². The average Bonchev–Trinajstić information content (AvgIpc) is 2.73. The number of rotatable bonds is 4. The average molecular weight is 506 g/mol. The predicted molar refractivity (Wildman–Crippen MR) is 117 cm³/mol. The van der Waals surface area contributed by atoms with Crippen LogP contribution >= 0.6 is 12.2 Å². The molecule has 1 fully saturated rings. The smallest absolute Gasteiger partial charge is 0.358 e. The molecular formula is C22H23F6N4OS+. The highest BCUT2D eigenvalue weighted by molar-refractivity contribution is 7.80. The van der Waals surface area contributed by atoms with Crippen LogP contribution in [-0.2, 0) is 19.4 Å². The number of hydrogen-bond donors (Lipinski definition) is 3. The van der Waals surface area contributed by atoms with Gasteiger partial charge in [-0.2, -0.15) is 26.3 Å². The van der Waals surface area contributed by atoms with E-state index in [0.717, 1.165) is 12.8 Å². The third kappa shape index (κ3) is 6.81. The van der Waals surface area contributed by atoms with Gasteiger partial charge in [0.15, 0.2) is 17.5 Å². The molecule has 0 aliphatic heterocycles. The summed E-state index contributed by atoms with van der Waals surface area (Å²) >= 11 is 5.17. The molecular weight excluding hydrogens is 482 g/mol. The highest BCUT2D eigenvalue weighted by Crippen LogP contribution is 2.37. The van der Waals surface area contributed by atoms with Crippen LogP contribution in [0.3, 0.4) is 0 Å². The van der Waals surface area contributed by atoms with E-state index < -0.39 is 29.2 Å². The number of carbonyl (C=O) groups excluding carboxylic acids is 1. The molecule has 1 aliphatic carbocycles. The Morgan fingerprint density at radius 2 is 1.53 bits per heavy atom. The lowest BCUT2D eigenvalue weighted by atomic mass is 9.90. The van der Waals surface area contributed by atoms with Crippen molar-refractivity contribution in [2.75, 3.05) is 5.32 Å². The second-order valence-electron chi connectivity index (χ2n) is 8.12. The van der Waals surface area contributed by atoms with E-state index in [2.05, 4.69) is 16.0 Å². The molecule has 3 N–H and O–H groups in total. The van der Waals surface area contributed by atoms with Gasteiger partial charge in [0.05, 0.1) is 11.1 Å². The summed E-state index contributed by atoms with van der Waals surface area (Å²) in [5.41, 5.74) is -2.86. The summed E-state index contributed by atoms with van der Waals surface area (Å²) in [6, 6.07) is 3.92. The van der Waals surface area contributed by atoms with Crippen LogP contribution in [0.2, 0.25) is 0 Å². The zero-order valence-corrected chi connectivity index (χ0v) is 18.9. The van der Waals surface area contributed by atoms with Crippen LogP contribution in [0, 0.1) is 0 Å². The van der Waals surface area contributed by atoms with E-state index >= 15 is 0 Å². The lowest BCUT2D eigenvalue weighted by molar-refractivity contribution is -0.671. The van der Waals surface area contributed by atoms with Crippen molar-refractivity contribution in [3.8, 4) is 0 Å². The first-order chi connectivity index (χ1) is 15.8. The lowest BCUT2D eigenvalue weighted by Gasteiger charge is -2.33. The number of carbonyl (C=O) groups is 1. The van der Waals surface area contributed by atoms with Gasteiger partial charge < -0.3 is 16.0 Å². The van der Waals surface area contributed by atoms with Crippen molar-refractivity contribution in [3.05, 3.63) is 59.4 Å². The quantitative estimate of drug-likeness (QED) is 0.324. The van der Waals surface area contributed by atoms with Crippen LogP contribution in [0.5, 0.6) is 0 Å². The first-order valence-corrected chi connectivity index (χ1v) is 10.9. The predicted octanol–water partition coefficient (Wildman–Crippen LogP) is 4.58. The van der Waals surface area contributed by atoms with Gasteiger partial charge in [0.1, 0.15) is 12.6 Å². The minimum atomic E-state index is -4.96. The number of nitrogens with one attached hydrogen (secondary N) is 3. The molecule has 1 aliphatic rings. The molecule has 2 aromatic rings. The number of amides is 1. The highest BCUT2D eigenvalue weighted by Gasteiger charge is 2.37. The van der Waals surface area contributed by atoms with Gasteiger partial charge in [-0.3, -0.25) is 4.79 Å². The zero-order valence-electron chi connectivity index (χ0n) is 18.1. The van der Waals surface area contributed by atoms with Crippen molar-refractivity contribution in [1.82, 2.24) is 10.6 Å². The summed E-state index contributed by atoms with van der Waals surface area (Å²) in [7, 11) is 1.78. The summed E-state index contributed by atoms with van der Waals surface area (Å²) in [4.78, 5) is 12.6. The van der Waals surface area contributed by atoms with E-state index in [1.165, 1.54) is 0 Å². The van der Waals surface area contributed by atoms with Crippen LogP contribution in [0.1, 0.15) is 47.2 Å². The van der Waals surface area contributed by atoms with Gasteiger partial charge in [0.2, 0.25) is 0 Å². The molecule has 2 atom stereocenters. The Hall–Kier alpha value is -2.89. The number of thiocarbonyl (C=S) groups is 1. The Balaban J connectivity index is 1.72. The maximum Gasteiger partial charge on any atom is 0.416 e. The maximum absolute atomic E-state index is 13.1. The van der Waals surface area contributed by atoms with Gasteiger partial charge in [-0.15, -0.1) is 0 Å². The van der Waals surface area contributed by atoms with Crippen molar-refractivity contribution in [2.45, 2.75) is 50.1 Å². The highest BCUT2D eigenvalue weighted by atomic mass is 32.1. The van der Waals surface area contributed by atoms with E-state index in [9.17, 15) is 31.1 Å². The molecule has 12 heteroatoms. The molecule has 0 unspecified atom stereocenters. The first-order valence-electron chi connectivity index (χ1n) is 10.5. The molecule has 1 aromatic heterocycles. The Morgan fingerprint density at radius 1 is 0.971 bits per heavy atom. The van der Waals surface area contributed by atoms with Gasteiger partial charge in [-0.05, 0) is 49.3 Å². The largest absolute Gasteiger partial charge is 0.416 e. The van der Waals surface area contributed by atoms with Gasteiger partial charge >= 0.3 is 12.4 Å². The Labute approximate surface area is 197 Å². The number of alkyl halides is 6. The van der Waals surface area contributed by atoms with Crippen LogP contribution in [0.4, 0.5) is 32.0 Å². The van der Waals surface area contributed by atoms with Gasteiger partial charge in [0.25, 0.3) is 5.91 Å². The summed E-state index contributed by atoms with van der Waals surface area (Å²) < 4.78 is 80.3. The standard InChI is InChI=1S/C22H22F6N4OS/c1-32-8-4-5-13(12-32)19(33)30-17-6-2-3-7-18(17)31-20(34)29-16-10-14(21(23,24)25)9-15(11-16)22(26,27)28/h4-5,8-12,17-18H,2-3,6-7H2,1H3,(H2-,29,30,31,33,34)/p+1/t17-,18-/m1/s1. The van der Waals surface area contributed by atoms with E-state index in [-0.39, 0.29) is 29.2 Å². The van der Waals surface area contributed by atoms with E-state index in [4.69, 9.17) is 12.2 Å². The number of pyridine rings is 1. The molecule has 0 saturated heterocycles. The normalized spacial score (nSPS) is 18.8. The number of hydrogen-bond acceptors (Lipinski definition) is 2. The third-order valence-corrected chi connectivity index (χ3v) is 5.67. The van der Waals surface area contributed by atoms with Crippen molar-refractivity contribution >= 4 is 28.9 Å². The van der Waals surface area contributed by atoms with E-state index in [0.29, 0.717) is 30.5 Å². The fourth-order valence-electron chi connectivity index (χ4n) is 3.81. The zero-order chi connectivity index (χ0) is 25.1. The maximum atomic E-state index is 13.1. The molecule has 1 saturated carbocycles. The second kappa shape index (κ2) is 10.2. The number of anilines is 1. The van der Waals surface area contributed by atoms with Crippen LogP contribution in [0.15, 0.2) is 42.7 Å². The molecule has 184 valence electrons. The monoisotopic (exact) mass is 505 g/mol. The minimum Gasteiger partial charge on any atom is -0.358 e. The Bertz CT molecular complexity index is 1020. The number of aryl methyl sites for hydroxylation is 1. The first kappa shape index (κ1) is 25.7. The number of benzene rings is 1. The SMILES string of the molecule is C[n+]1cccc(C(=O)N[C@@H]2CCCC[C@H]2NC(=S)Nc2cc(C(F)(F)F)cc(C(F)(F)F)c2)c1. The van der Waals surface area contributed by atoms with E-state index in [1.807, 2.05) is 0 Å². The third-order valence-electron chi connectivity index (χ3n) is 5.45. The van der Waals surface area contributed by atoms with Gasteiger partial charge in [0, 0.05) is 23.8 Å². The number of nitrogens with zero attached hydrogens (tertiary/aromatic N) is 1. The Kier molecular flexibility index (Phi) is 7.69. The molecule has 0 spiro atoms. The molecule has 1 aromatic carbocycles. The number of aromatic nitrogens is 1. The topological polar surface area (TPSA) is 57.0 Å². The van der Waals surface area contributed by atoms with Crippen LogP contribution < -0.4 is 20.5 Å². The second-order valence-corrected chi connectivity index (χ2v) is 8.53. The fraction of sp³-hybridized carbons (Fsp3) is 0.409. The van der Waals surface area contributed by atoms with Crippen LogP contribution in [0.25, 0.3) is 0 Å². The Morgan fingerprint density at radius 3 is 2.06 bits per heavy atom. The lowest BCUT2D eigenvalue weighted by Crippen LogP contribution is -2.54. The van der Waals surface area contributed by atoms with Crippen LogP contribution in [-0.4, -0.2) is 23.1 Å². The molecule has 5 nitrogen and oxygen atoms in total. The van der Waals surface area contributed by atoms with Gasteiger partial charge in [-0.1, -0.05) is 12.8 Å². The number of halogens is 6. The molecule has 3 rings (SSSR count). The van der Waals surface area contributed by atoms with Gasteiger partial charge in [-0.25, -0.2) is 4.57 Å².